The van der Waals surface area contributed by atoms with Crippen molar-refractivity contribution in [1.82, 2.24) is 9.80 Å². The van der Waals surface area contributed by atoms with Crippen LogP contribution in [-0.2, 0) is 16.1 Å². The number of thiophene rings is 1. The number of carbonyl (C=O) groups excluding carboxylic acids is 2. The number of aryl methyl sites for hydroxylation is 1. The number of anilines is 1. The Bertz CT molecular complexity index is 940. The number of benzene rings is 1. The maximum atomic E-state index is 12.6. The van der Waals surface area contributed by atoms with E-state index >= 15 is 0 Å². The molecule has 0 saturated carbocycles. The fourth-order valence-electron chi connectivity index (χ4n) is 3.43. The SMILES string of the molecule is COC(=O)c1c(NC(=O)CN2CCN(Cc3ccc(Cl)cc3Cl)CC2)sc(C)c1C. The maximum absolute atomic E-state index is 12.6. The number of nitrogens with one attached hydrogen (secondary N) is 1. The van der Waals surface area contributed by atoms with Gasteiger partial charge in [0.2, 0.25) is 5.91 Å². The van der Waals surface area contributed by atoms with Gasteiger partial charge in [0.05, 0.1) is 19.2 Å². The van der Waals surface area contributed by atoms with Gasteiger partial charge < -0.3 is 10.1 Å². The van der Waals surface area contributed by atoms with Crippen LogP contribution in [0.15, 0.2) is 18.2 Å². The number of rotatable bonds is 6. The summed E-state index contributed by atoms with van der Waals surface area (Å²) in [6, 6.07) is 5.56. The molecule has 1 saturated heterocycles. The van der Waals surface area contributed by atoms with Crippen molar-refractivity contribution in [3.05, 3.63) is 49.8 Å². The van der Waals surface area contributed by atoms with Crippen LogP contribution in [0.4, 0.5) is 5.00 Å². The van der Waals surface area contributed by atoms with Gasteiger partial charge in [-0.05, 0) is 37.1 Å². The Labute approximate surface area is 190 Å². The molecule has 1 N–H and O–H groups in total. The van der Waals surface area contributed by atoms with Gasteiger partial charge in [0, 0.05) is 47.6 Å². The maximum Gasteiger partial charge on any atom is 0.341 e. The highest BCUT2D eigenvalue weighted by atomic mass is 35.5. The fraction of sp³-hybridized carbons (Fsp3) is 0.429. The molecule has 6 nitrogen and oxygen atoms in total. The zero-order valence-corrected chi connectivity index (χ0v) is 19.6. The molecule has 3 rings (SSSR count). The first-order chi connectivity index (χ1) is 14.3. The van der Waals surface area contributed by atoms with Gasteiger partial charge >= 0.3 is 5.97 Å². The first kappa shape index (κ1) is 23.0. The predicted octanol–water partition coefficient (Wildman–Crippen LogP) is 4.21. The molecule has 1 aliphatic rings. The summed E-state index contributed by atoms with van der Waals surface area (Å²) < 4.78 is 4.86. The molecule has 1 amide bonds. The monoisotopic (exact) mass is 469 g/mol. The van der Waals surface area contributed by atoms with Gasteiger partial charge in [-0.3, -0.25) is 14.6 Å². The standard InChI is InChI=1S/C21H25Cl2N3O3S/c1-13-14(2)30-20(19(13)21(28)29-3)24-18(27)12-26-8-6-25(7-9-26)11-15-4-5-16(22)10-17(15)23/h4-5,10H,6-9,11-12H2,1-3H3,(H,24,27). The Morgan fingerprint density at radius 2 is 1.80 bits per heavy atom. The van der Waals surface area contributed by atoms with E-state index in [2.05, 4.69) is 15.1 Å². The number of methoxy groups -OCH3 is 1. The first-order valence-corrected chi connectivity index (χ1v) is 11.2. The second kappa shape index (κ2) is 10.1. The zero-order valence-electron chi connectivity index (χ0n) is 17.3. The van der Waals surface area contributed by atoms with E-state index < -0.39 is 5.97 Å². The molecular formula is C21H25Cl2N3O3S. The number of carbonyl (C=O) groups is 2. The summed E-state index contributed by atoms with van der Waals surface area (Å²) in [4.78, 5) is 30.0. The molecular weight excluding hydrogens is 445 g/mol. The van der Waals surface area contributed by atoms with Crippen LogP contribution in [0, 0.1) is 13.8 Å². The normalized spacial score (nSPS) is 15.2. The molecule has 9 heteroatoms. The van der Waals surface area contributed by atoms with Gasteiger partial charge in [0.1, 0.15) is 5.00 Å². The van der Waals surface area contributed by atoms with Crippen LogP contribution in [0.5, 0.6) is 0 Å². The number of amides is 1. The smallest absolute Gasteiger partial charge is 0.341 e. The van der Waals surface area contributed by atoms with Gasteiger partial charge in [-0.1, -0.05) is 29.3 Å². The second-order valence-corrected chi connectivity index (χ2v) is 9.38. The Morgan fingerprint density at radius 1 is 1.13 bits per heavy atom. The summed E-state index contributed by atoms with van der Waals surface area (Å²) in [7, 11) is 1.34. The molecule has 1 aromatic heterocycles. The molecule has 0 atom stereocenters. The summed E-state index contributed by atoms with van der Waals surface area (Å²) in [6.45, 7) is 8.08. The minimum absolute atomic E-state index is 0.129. The minimum Gasteiger partial charge on any atom is -0.465 e. The van der Waals surface area contributed by atoms with Crippen LogP contribution in [0.25, 0.3) is 0 Å². The van der Waals surface area contributed by atoms with E-state index in [1.165, 1.54) is 18.4 Å². The molecule has 2 heterocycles. The van der Waals surface area contributed by atoms with Crippen LogP contribution in [0.2, 0.25) is 10.0 Å². The zero-order chi connectivity index (χ0) is 21.8. The summed E-state index contributed by atoms with van der Waals surface area (Å²) in [5, 5.41) is 4.75. The van der Waals surface area contributed by atoms with Crippen molar-refractivity contribution in [3.63, 3.8) is 0 Å². The van der Waals surface area contributed by atoms with Crippen molar-refractivity contribution in [2.75, 3.05) is 45.2 Å². The lowest BCUT2D eigenvalue weighted by Crippen LogP contribution is -2.48. The Balaban J connectivity index is 1.52. The highest BCUT2D eigenvalue weighted by Gasteiger charge is 2.24. The molecule has 0 radical (unpaired) electrons. The number of hydrogen-bond acceptors (Lipinski definition) is 6. The highest BCUT2D eigenvalue weighted by molar-refractivity contribution is 7.16. The molecule has 162 valence electrons. The van der Waals surface area contributed by atoms with E-state index in [-0.39, 0.29) is 12.5 Å². The molecule has 1 fully saturated rings. The third kappa shape index (κ3) is 5.53. The average molecular weight is 470 g/mol. The summed E-state index contributed by atoms with van der Waals surface area (Å²) >= 11 is 13.6. The van der Waals surface area contributed by atoms with Crippen LogP contribution in [0.3, 0.4) is 0 Å². The molecule has 0 bridgehead atoms. The molecule has 0 spiro atoms. The number of piperazine rings is 1. The third-order valence-electron chi connectivity index (χ3n) is 5.27. The molecule has 30 heavy (non-hydrogen) atoms. The molecule has 2 aromatic rings. The minimum atomic E-state index is -0.429. The average Bonchev–Trinajstić information content (AvgIpc) is 2.98. The number of halogens is 2. The number of ether oxygens (including phenoxy) is 1. The Morgan fingerprint density at radius 3 is 2.43 bits per heavy atom. The molecule has 1 aliphatic heterocycles. The Kier molecular flexibility index (Phi) is 7.76. The molecule has 0 unspecified atom stereocenters. The van der Waals surface area contributed by atoms with Gasteiger partial charge in [-0.2, -0.15) is 0 Å². The number of nitrogens with zero attached hydrogens (tertiary/aromatic N) is 2. The van der Waals surface area contributed by atoms with Crippen molar-refractivity contribution in [3.8, 4) is 0 Å². The number of hydrogen-bond donors (Lipinski definition) is 1. The van der Waals surface area contributed by atoms with E-state index in [1.54, 1.807) is 6.07 Å². The van der Waals surface area contributed by atoms with E-state index in [1.807, 2.05) is 26.0 Å². The van der Waals surface area contributed by atoms with E-state index in [0.29, 0.717) is 20.6 Å². The van der Waals surface area contributed by atoms with E-state index in [0.717, 1.165) is 48.7 Å². The lowest BCUT2D eigenvalue weighted by Gasteiger charge is -2.34. The van der Waals surface area contributed by atoms with Crippen molar-refractivity contribution in [2.45, 2.75) is 20.4 Å². The molecule has 0 aliphatic carbocycles. The van der Waals surface area contributed by atoms with Crippen LogP contribution in [-0.4, -0.2) is 61.5 Å². The fourth-order valence-corrected chi connectivity index (χ4v) is 4.96. The van der Waals surface area contributed by atoms with Crippen molar-refractivity contribution in [2.24, 2.45) is 0 Å². The van der Waals surface area contributed by atoms with Crippen LogP contribution < -0.4 is 5.32 Å². The first-order valence-electron chi connectivity index (χ1n) is 9.65. The predicted molar refractivity (Wildman–Crippen MR) is 122 cm³/mol. The van der Waals surface area contributed by atoms with Gasteiger partial charge in [0.25, 0.3) is 0 Å². The van der Waals surface area contributed by atoms with E-state index in [4.69, 9.17) is 27.9 Å². The summed E-state index contributed by atoms with van der Waals surface area (Å²) in [5.41, 5.74) is 2.33. The van der Waals surface area contributed by atoms with Crippen LogP contribution in [0.1, 0.15) is 26.4 Å². The quantitative estimate of drug-likeness (QED) is 0.641. The summed E-state index contributed by atoms with van der Waals surface area (Å²) in [6.07, 6.45) is 0. The van der Waals surface area contributed by atoms with Gasteiger partial charge in [-0.15, -0.1) is 11.3 Å². The second-order valence-electron chi connectivity index (χ2n) is 7.32. The Hall–Kier alpha value is -1.64. The van der Waals surface area contributed by atoms with Crippen LogP contribution >= 0.6 is 34.5 Å². The van der Waals surface area contributed by atoms with Crippen molar-refractivity contribution < 1.29 is 14.3 Å². The summed E-state index contributed by atoms with van der Waals surface area (Å²) in [5.74, 6) is -0.558. The third-order valence-corrected chi connectivity index (χ3v) is 6.98. The molecule has 1 aromatic carbocycles. The largest absolute Gasteiger partial charge is 0.465 e. The van der Waals surface area contributed by atoms with E-state index in [9.17, 15) is 9.59 Å². The number of esters is 1. The lowest BCUT2D eigenvalue weighted by molar-refractivity contribution is -0.117. The van der Waals surface area contributed by atoms with Crippen molar-refractivity contribution in [1.29, 1.82) is 0 Å². The topological polar surface area (TPSA) is 61.9 Å². The van der Waals surface area contributed by atoms with Crippen molar-refractivity contribution >= 4 is 51.4 Å². The lowest BCUT2D eigenvalue weighted by atomic mass is 10.1. The van der Waals surface area contributed by atoms with Gasteiger partial charge in [0.15, 0.2) is 0 Å². The highest BCUT2D eigenvalue weighted by Crippen LogP contribution is 2.33. The van der Waals surface area contributed by atoms with Gasteiger partial charge in [-0.25, -0.2) is 4.79 Å².